The van der Waals surface area contributed by atoms with Crippen molar-refractivity contribution < 1.29 is 9.63 Å². The van der Waals surface area contributed by atoms with Crippen LogP contribution in [-0.4, -0.2) is 28.9 Å². The Morgan fingerprint density at radius 1 is 1.50 bits per heavy atom. The molecule has 6 heteroatoms. The van der Waals surface area contributed by atoms with Gasteiger partial charge in [0.1, 0.15) is 0 Å². The van der Waals surface area contributed by atoms with Gasteiger partial charge < -0.3 is 0 Å². The lowest BCUT2D eigenvalue weighted by molar-refractivity contribution is -0.167. The zero-order valence-corrected chi connectivity index (χ0v) is 7.67. The van der Waals surface area contributed by atoms with Crippen LogP contribution in [0.15, 0.2) is 0 Å². The maximum Gasteiger partial charge on any atom is 0.297 e. The van der Waals surface area contributed by atoms with Crippen LogP contribution < -0.4 is 0 Å². The topological polar surface area (TPSA) is 29.5 Å². The van der Waals surface area contributed by atoms with Gasteiger partial charge in [-0.05, 0) is 0 Å². The minimum absolute atomic E-state index is 0.722. The molecular weight excluding hydrogens is 200 g/mol. The lowest BCUT2D eigenvalue weighted by Gasteiger charge is -2.17. The van der Waals surface area contributed by atoms with E-state index in [0.717, 1.165) is 5.06 Å². The van der Waals surface area contributed by atoms with E-state index in [9.17, 15) is 4.79 Å². The Bertz CT molecular complexity index is 133. The number of hydrogen-bond acceptors (Lipinski definition) is 2. The number of carbonyl (C=O) groups excluding carboxylic acids is 1. The molecule has 0 saturated heterocycles. The van der Waals surface area contributed by atoms with Crippen LogP contribution in [0.1, 0.15) is 0 Å². The van der Waals surface area contributed by atoms with Gasteiger partial charge in [0.2, 0.25) is 0 Å². The molecule has 10 heavy (non-hydrogen) atoms. The first kappa shape index (κ1) is 10.3. The molecule has 0 rings (SSSR count). The number of hydroxylamine groups is 2. The highest BCUT2D eigenvalue weighted by molar-refractivity contribution is 6.76. The molecule has 60 valence electrons. The van der Waals surface area contributed by atoms with Gasteiger partial charge in [0, 0.05) is 7.05 Å². The molecule has 0 N–H and O–H groups in total. The average molecular weight is 206 g/mol. The van der Waals surface area contributed by atoms with Crippen molar-refractivity contribution in [1.29, 1.82) is 0 Å². The summed E-state index contributed by atoms with van der Waals surface area (Å²) in [5.74, 6) is -0.722. The third-order valence-corrected chi connectivity index (χ3v) is 1.29. The summed E-state index contributed by atoms with van der Waals surface area (Å²) < 4.78 is -1.94. The second-order valence-corrected chi connectivity index (χ2v) is 3.76. The fourth-order valence-corrected chi connectivity index (χ4v) is 0.618. The van der Waals surface area contributed by atoms with Gasteiger partial charge in [-0.1, -0.05) is 34.8 Å². The van der Waals surface area contributed by atoms with E-state index >= 15 is 0 Å². The van der Waals surface area contributed by atoms with Crippen LogP contribution in [-0.2, 0) is 9.63 Å². The van der Waals surface area contributed by atoms with Gasteiger partial charge in [0.15, 0.2) is 0 Å². The number of alkyl halides is 3. The van der Waals surface area contributed by atoms with E-state index in [2.05, 4.69) is 4.84 Å². The Morgan fingerprint density at radius 2 is 1.90 bits per heavy atom. The molecular formula is C4H6Cl3NO2. The summed E-state index contributed by atoms with van der Waals surface area (Å²) in [6.45, 7) is 0. The summed E-state index contributed by atoms with van der Waals surface area (Å²) in [5, 5.41) is 0.840. The second kappa shape index (κ2) is 3.62. The van der Waals surface area contributed by atoms with Gasteiger partial charge in [-0.25, -0.2) is 5.06 Å². The standard InChI is InChI=1S/C4H6Cl3NO2/c1-8(10-2)3(9)4(5,6)7/h1-2H3. The largest absolute Gasteiger partial charge is 0.297 e. The van der Waals surface area contributed by atoms with Gasteiger partial charge in [0.25, 0.3) is 9.70 Å². The molecule has 0 bridgehead atoms. The van der Waals surface area contributed by atoms with Gasteiger partial charge in [-0.3, -0.25) is 9.63 Å². The van der Waals surface area contributed by atoms with E-state index < -0.39 is 9.70 Å². The highest BCUT2D eigenvalue weighted by Crippen LogP contribution is 2.27. The Kier molecular flexibility index (Phi) is 3.73. The molecule has 0 fully saturated rings. The molecule has 0 radical (unpaired) electrons. The Hall–Kier alpha value is 0.300. The van der Waals surface area contributed by atoms with Crippen LogP contribution in [0.5, 0.6) is 0 Å². The highest BCUT2D eigenvalue weighted by Gasteiger charge is 2.33. The van der Waals surface area contributed by atoms with Crippen molar-refractivity contribution >= 4 is 40.7 Å². The molecule has 0 aromatic carbocycles. The van der Waals surface area contributed by atoms with E-state index in [1.54, 1.807) is 0 Å². The first-order valence-electron chi connectivity index (χ1n) is 2.28. The van der Waals surface area contributed by atoms with Gasteiger partial charge in [0.05, 0.1) is 7.11 Å². The molecule has 0 spiro atoms. The van der Waals surface area contributed by atoms with Crippen LogP contribution in [0, 0.1) is 0 Å². The SMILES string of the molecule is CON(C)C(=O)C(Cl)(Cl)Cl. The summed E-state index contributed by atoms with van der Waals surface area (Å²) in [4.78, 5) is 15.3. The molecule has 0 unspecified atom stereocenters. The number of rotatable bonds is 1. The lowest BCUT2D eigenvalue weighted by atomic mass is 10.7. The van der Waals surface area contributed by atoms with Gasteiger partial charge in [-0.2, -0.15) is 0 Å². The average Bonchev–Trinajstić information content (AvgIpc) is 1.83. The van der Waals surface area contributed by atoms with Crippen molar-refractivity contribution in [2.75, 3.05) is 14.2 Å². The smallest absolute Gasteiger partial charge is 0.274 e. The van der Waals surface area contributed by atoms with Crippen molar-refractivity contribution in [3.05, 3.63) is 0 Å². The molecule has 0 aromatic rings. The summed E-state index contributed by atoms with van der Waals surface area (Å²) in [6.07, 6.45) is 0. The first-order chi connectivity index (χ1) is 4.39. The van der Waals surface area contributed by atoms with E-state index in [-0.39, 0.29) is 0 Å². The molecule has 0 aliphatic rings. The predicted octanol–water partition coefficient (Wildman–Crippen LogP) is 1.38. The zero-order chi connectivity index (χ0) is 8.36. The molecule has 0 aromatic heterocycles. The lowest BCUT2D eigenvalue weighted by Crippen LogP contribution is -2.35. The number of carbonyl (C=O) groups is 1. The van der Waals surface area contributed by atoms with Crippen LogP contribution in [0.3, 0.4) is 0 Å². The van der Waals surface area contributed by atoms with Crippen molar-refractivity contribution in [2.24, 2.45) is 0 Å². The summed E-state index contributed by atoms with van der Waals surface area (Å²) in [7, 11) is 2.65. The summed E-state index contributed by atoms with van der Waals surface area (Å²) in [6, 6.07) is 0. The maximum atomic E-state index is 10.8. The van der Waals surface area contributed by atoms with Crippen molar-refractivity contribution in [3.8, 4) is 0 Å². The van der Waals surface area contributed by atoms with E-state index in [1.807, 2.05) is 0 Å². The fraction of sp³-hybridized carbons (Fsp3) is 0.750. The Labute approximate surface area is 73.7 Å². The minimum atomic E-state index is -1.94. The molecule has 0 aliphatic carbocycles. The van der Waals surface area contributed by atoms with Crippen LogP contribution in [0.4, 0.5) is 0 Å². The molecule has 1 amide bonds. The minimum Gasteiger partial charge on any atom is -0.274 e. The maximum absolute atomic E-state index is 10.8. The van der Waals surface area contributed by atoms with E-state index in [4.69, 9.17) is 34.8 Å². The molecule has 0 atom stereocenters. The number of halogens is 3. The van der Waals surface area contributed by atoms with Crippen molar-refractivity contribution in [1.82, 2.24) is 5.06 Å². The molecule has 0 heterocycles. The van der Waals surface area contributed by atoms with Crippen molar-refractivity contribution in [2.45, 2.75) is 3.79 Å². The summed E-state index contributed by atoms with van der Waals surface area (Å²) >= 11 is 15.7. The van der Waals surface area contributed by atoms with Gasteiger partial charge >= 0.3 is 0 Å². The third-order valence-electron chi connectivity index (χ3n) is 0.802. The second-order valence-electron chi connectivity index (χ2n) is 1.48. The number of amides is 1. The van der Waals surface area contributed by atoms with E-state index in [1.165, 1.54) is 14.2 Å². The predicted molar refractivity (Wildman–Crippen MR) is 40.1 cm³/mol. The Morgan fingerprint density at radius 3 is 2.00 bits per heavy atom. The number of nitrogens with zero attached hydrogens (tertiary/aromatic N) is 1. The molecule has 3 nitrogen and oxygen atoms in total. The third kappa shape index (κ3) is 2.92. The number of hydrogen-bond donors (Lipinski definition) is 0. The quantitative estimate of drug-likeness (QED) is 0.479. The normalized spacial score (nSPS) is 11.3. The highest BCUT2D eigenvalue weighted by atomic mass is 35.6. The zero-order valence-electron chi connectivity index (χ0n) is 5.40. The Balaban J connectivity index is 4.09. The fourth-order valence-electron chi connectivity index (χ4n) is 0.261. The van der Waals surface area contributed by atoms with Crippen LogP contribution in [0.2, 0.25) is 0 Å². The van der Waals surface area contributed by atoms with Crippen LogP contribution in [0.25, 0.3) is 0 Å². The van der Waals surface area contributed by atoms with Gasteiger partial charge in [-0.15, -0.1) is 0 Å². The van der Waals surface area contributed by atoms with Crippen LogP contribution >= 0.6 is 34.8 Å². The first-order valence-corrected chi connectivity index (χ1v) is 3.42. The molecule has 0 aliphatic heterocycles. The summed E-state index contributed by atoms with van der Waals surface area (Å²) in [5.41, 5.74) is 0. The van der Waals surface area contributed by atoms with Crippen molar-refractivity contribution in [3.63, 3.8) is 0 Å². The monoisotopic (exact) mass is 205 g/mol. The van der Waals surface area contributed by atoms with E-state index in [0.29, 0.717) is 0 Å². The molecule has 0 saturated carbocycles.